The molecule has 0 aliphatic heterocycles. The molecule has 1 rings (SSSR count). The van der Waals surface area contributed by atoms with Crippen LogP contribution in [0.25, 0.3) is 0 Å². The van der Waals surface area contributed by atoms with Gasteiger partial charge in [0.25, 0.3) is 0 Å². The second kappa shape index (κ2) is 3.75. The van der Waals surface area contributed by atoms with E-state index in [1.54, 1.807) is 6.21 Å². The summed E-state index contributed by atoms with van der Waals surface area (Å²) < 4.78 is 0. The Labute approximate surface area is 63.3 Å². The standard InChI is InChI=1S/C9H17N/c1-8-2-4-9(5-3-8)6-7-10/h7-10H,2-6H2,1H3. The minimum absolute atomic E-state index is 0.841. The Morgan fingerprint density at radius 2 is 1.90 bits per heavy atom. The van der Waals surface area contributed by atoms with Crippen molar-refractivity contribution < 1.29 is 0 Å². The van der Waals surface area contributed by atoms with E-state index in [-0.39, 0.29) is 0 Å². The average molecular weight is 139 g/mol. The molecular formula is C9H17N. The molecule has 0 bridgehead atoms. The lowest BCUT2D eigenvalue weighted by Crippen LogP contribution is -2.12. The predicted molar refractivity (Wildman–Crippen MR) is 44.5 cm³/mol. The molecule has 1 nitrogen and oxygen atoms in total. The first-order valence-electron chi connectivity index (χ1n) is 4.32. The maximum Gasteiger partial charge on any atom is -0.00450 e. The lowest BCUT2D eigenvalue weighted by atomic mass is 9.82. The molecule has 0 unspecified atom stereocenters. The zero-order valence-corrected chi connectivity index (χ0v) is 6.77. The molecule has 0 amide bonds. The molecule has 1 aliphatic rings. The van der Waals surface area contributed by atoms with Gasteiger partial charge in [0.1, 0.15) is 0 Å². The third kappa shape index (κ3) is 2.13. The summed E-state index contributed by atoms with van der Waals surface area (Å²) >= 11 is 0. The Morgan fingerprint density at radius 1 is 1.30 bits per heavy atom. The van der Waals surface area contributed by atoms with Gasteiger partial charge in [-0.15, -0.1) is 0 Å². The van der Waals surface area contributed by atoms with Crippen molar-refractivity contribution >= 4 is 6.21 Å². The highest BCUT2D eigenvalue weighted by Gasteiger charge is 2.16. The third-order valence-corrected chi connectivity index (χ3v) is 2.59. The maximum absolute atomic E-state index is 6.96. The lowest BCUT2D eigenvalue weighted by Gasteiger charge is -2.24. The molecule has 0 heterocycles. The molecule has 0 saturated heterocycles. The fraction of sp³-hybridized carbons (Fsp3) is 0.889. The van der Waals surface area contributed by atoms with Crippen molar-refractivity contribution in [2.24, 2.45) is 11.8 Å². The topological polar surface area (TPSA) is 23.9 Å². The summed E-state index contributed by atoms with van der Waals surface area (Å²) in [6.07, 6.45) is 8.08. The molecule has 58 valence electrons. The normalized spacial score (nSPS) is 33.7. The van der Waals surface area contributed by atoms with Gasteiger partial charge in [-0.2, -0.15) is 0 Å². The van der Waals surface area contributed by atoms with Gasteiger partial charge in [0.05, 0.1) is 0 Å². The molecule has 10 heavy (non-hydrogen) atoms. The van der Waals surface area contributed by atoms with E-state index in [0.717, 1.165) is 18.3 Å². The van der Waals surface area contributed by atoms with E-state index in [9.17, 15) is 0 Å². The van der Waals surface area contributed by atoms with Crippen LogP contribution >= 0.6 is 0 Å². The largest absolute Gasteiger partial charge is 0.313 e. The molecule has 0 aromatic carbocycles. The molecule has 0 spiro atoms. The van der Waals surface area contributed by atoms with Gasteiger partial charge in [-0.3, -0.25) is 0 Å². The van der Waals surface area contributed by atoms with E-state index in [2.05, 4.69) is 6.92 Å². The van der Waals surface area contributed by atoms with Gasteiger partial charge in [-0.1, -0.05) is 19.8 Å². The molecule has 1 fully saturated rings. The number of rotatable bonds is 2. The number of nitrogens with one attached hydrogen (secondary N) is 1. The van der Waals surface area contributed by atoms with Crippen molar-refractivity contribution in [1.29, 1.82) is 5.41 Å². The maximum atomic E-state index is 6.96. The van der Waals surface area contributed by atoms with Crippen LogP contribution in [0.5, 0.6) is 0 Å². The van der Waals surface area contributed by atoms with Gasteiger partial charge in [-0.05, 0) is 37.3 Å². The van der Waals surface area contributed by atoms with Gasteiger partial charge >= 0.3 is 0 Å². The predicted octanol–water partition coefficient (Wildman–Crippen LogP) is 2.85. The second-order valence-electron chi connectivity index (χ2n) is 3.57. The van der Waals surface area contributed by atoms with Gasteiger partial charge in [0, 0.05) is 0 Å². The molecule has 0 aromatic heterocycles. The highest BCUT2D eigenvalue weighted by molar-refractivity contribution is 5.53. The summed E-state index contributed by atoms with van der Waals surface area (Å²) in [5.74, 6) is 1.79. The van der Waals surface area contributed by atoms with Crippen molar-refractivity contribution in [3.05, 3.63) is 0 Å². The van der Waals surface area contributed by atoms with Crippen LogP contribution in [0.15, 0.2) is 0 Å². The highest BCUT2D eigenvalue weighted by Crippen LogP contribution is 2.29. The summed E-state index contributed by atoms with van der Waals surface area (Å²) in [7, 11) is 0. The first-order valence-corrected chi connectivity index (χ1v) is 4.32. The van der Waals surface area contributed by atoms with Crippen molar-refractivity contribution in [3.63, 3.8) is 0 Å². The Balaban J connectivity index is 2.19. The van der Waals surface area contributed by atoms with E-state index in [4.69, 9.17) is 5.41 Å². The summed E-state index contributed by atoms with van der Waals surface area (Å²) in [5, 5.41) is 6.96. The third-order valence-electron chi connectivity index (χ3n) is 2.59. The minimum Gasteiger partial charge on any atom is -0.313 e. The first-order chi connectivity index (χ1) is 4.83. The summed E-state index contributed by atoms with van der Waals surface area (Å²) in [5.41, 5.74) is 0. The van der Waals surface area contributed by atoms with E-state index < -0.39 is 0 Å². The van der Waals surface area contributed by atoms with Crippen LogP contribution in [0.2, 0.25) is 0 Å². The Morgan fingerprint density at radius 3 is 2.40 bits per heavy atom. The Bertz CT molecular complexity index is 101. The van der Waals surface area contributed by atoms with Gasteiger partial charge in [-0.25, -0.2) is 0 Å². The van der Waals surface area contributed by atoms with Crippen molar-refractivity contribution in [2.45, 2.75) is 39.0 Å². The van der Waals surface area contributed by atoms with E-state index in [1.807, 2.05) is 0 Å². The quantitative estimate of drug-likeness (QED) is 0.569. The molecule has 0 aromatic rings. The lowest BCUT2D eigenvalue weighted by molar-refractivity contribution is 0.297. The smallest absolute Gasteiger partial charge is 0.00450 e. The van der Waals surface area contributed by atoms with Crippen molar-refractivity contribution in [1.82, 2.24) is 0 Å². The summed E-state index contributed by atoms with van der Waals surface area (Å²) in [4.78, 5) is 0. The molecule has 1 heteroatoms. The van der Waals surface area contributed by atoms with Crippen LogP contribution in [0.1, 0.15) is 39.0 Å². The van der Waals surface area contributed by atoms with Crippen LogP contribution in [0.3, 0.4) is 0 Å². The van der Waals surface area contributed by atoms with Gasteiger partial charge < -0.3 is 5.41 Å². The Kier molecular flexibility index (Phi) is 2.91. The van der Waals surface area contributed by atoms with E-state index >= 15 is 0 Å². The van der Waals surface area contributed by atoms with Crippen molar-refractivity contribution in [3.8, 4) is 0 Å². The molecular weight excluding hydrogens is 122 g/mol. The van der Waals surface area contributed by atoms with Crippen LogP contribution in [0.4, 0.5) is 0 Å². The monoisotopic (exact) mass is 139 g/mol. The summed E-state index contributed by atoms with van der Waals surface area (Å²) in [6.45, 7) is 2.33. The first kappa shape index (κ1) is 7.77. The molecule has 0 atom stereocenters. The van der Waals surface area contributed by atoms with Crippen molar-refractivity contribution in [2.75, 3.05) is 0 Å². The molecule has 0 radical (unpaired) electrons. The highest BCUT2D eigenvalue weighted by atomic mass is 14.3. The fourth-order valence-electron chi connectivity index (χ4n) is 1.73. The molecule has 1 N–H and O–H groups in total. The molecule has 1 aliphatic carbocycles. The van der Waals surface area contributed by atoms with Crippen LogP contribution in [-0.4, -0.2) is 6.21 Å². The Hall–Kier alpha value is -0.330. The fourth-order valence-corrected chi connectivity index (χ4v) is 1.73. The summed E-state index contributed by atoms with van der Waals surface area (Å²) in [6, 6.07) is 0. The number of hydrogen-bond acceptors (Lipinski definition) is 1. The minimum atomic E-state index is 0.841. The van der Waals surface area contributed by atoms with Crippen LogP contribution in [0, 0.1) is 17.2 Å². The van der Waals surface area contributed by atoms with Crippen LogP contribution in [-0.2, 0) is 0 Å². The zero-order valence-electron chi connectivity index (χ0n) is 6.77. The number of hydrogen-bond donors (Lipinski definition) is 1. The van der Waals surface area contributed by atoms with Gasteiger partial charge in [0.2, 0.25) is 0 Å². The van der Waals surface area contributed by atoms with E-state index in [1.165, 1.54) is 25.7 Å². The molecule has 1 saturated carbocycles. The second-order valence-corrected chi connectivity index (χ2v) is 3.57. The SMILES string of the molecule is CC1CCC(CC=N)CC1. The average Bonchev–Trinajstić information content (AvgIpc) is 1.95. The van der Waals surface area contributed by atoms with Gasteiger partial charge in [0.15, 0.2) is 0 Å². The zero-order chi connectivity index (χ0) is 7.40. The van der Waals surface area contributed by atoms with E-state index in [0.29, 0.717) is 0 Å². The van der Waals surface area contributed by atoms with Crippen LogP contribution < -0.4 is 0 Å².